The van der Waals surface area contributed by atoms with Gasteiger partial charge >= 0.3 is 0 Å². The van der Waals surface area contributed by atoms with E-state index in [2.05, 4.69) is 25.3 Å². The zero-order valence-corrected chi connectivity index (χ0v) is 15.3. The van der Waals surface area contributed by atoms with Crippen LogP contribution in [0.15, 0.2) is 30.3 Å². The van der Waals surface area contributed by atoms with E-state index in [1.54, 1.807) is 16.6 Å². The number of benzene rings is 1. The second kappa shape index (κ2) is 6.94. The minimum Gasteiger partial charge on any atom is -0.371 e. The molecule has 1 N–H and O–H groups in total. The molecule has 1 unspecified atom stereocenters. The van der Waals surface area contributed by atoms with Crippen molar-refractivity contribution in [2.24, 2.45) is 5.92 Å². The maximum Gasteiger partial charge on any atom is 0.291 e. The number of amides is 1. The van der Waals surface area contributed by atoms with E-state index in [4.69, 9.17) is 0 Å². The first-order valence-electron chi connectivity index (χ1n) is 8.99. The molecule has 140 valence electrons. The Bertz CT molecular complexity index is 984. The summed E-state index contributed by atoms with van der Waals surface area (Å²) in [7, 11) is 0. The molecule has 8 heteroatoms. The molecule has 4 rings (SSSR count). The Balaban J connectivity index is 1.37. The molecule has 2 aromatic heterocycles. The monoisotopic (exact) mass is 368 g/mol. The molecule has 1 aromatic carbocycles. The lowest BCUT2D eigenvalue weighted by Crippen LogP contribution is -2.31. The fourth-order valence-corrected chi connectivity index (χ4v) is 3.46. The second-order valence-corrected chi connectivity index (χ2v) is 6.97. The van der Waals surface area contributed by atoms with E-state index < -0.39 is 0 Å². The number of hydrogen-bond acceptors (Lipinski definition) is 5. The molecule has 1 amide bonds. The van der Waals surface area contributed by atoms with Crippen molar-refractivity contribution in [3.8, 4) is 0 Å². The molecule has 1 saturated heterocycles. The Labute approximate surface area is 156 Å². The summed E-state index contributed by atoms with van der Waals surface area (Å²) in [6.45, 7) is 6.05. The molecule has 1 atom stereocenters. The van der Waals surface area contributed by atoms with Crippen LogP contribution in [-0.4, -0.2) is 45.1 Å². The highest BCUT2D eigenvalue weighted by atomic mass is 19.1. The van der Waals surface area contributed by atoms with E-state index in [9.17, 15) is 9.18 Å². The van der Waals surface area contributed by atoms with Crippen molar-refractivity contribution >= 4 is 17.4 Å². The molecule has 1 aliphatic rings. The molecule has 0 saturated carbocycles. The Kier molecular flexibility index (Phi) is 4.47. The van der Waals surface area contributed by atoms with Crippen LogP contribution < -0.4 is 10.2 Å². The fourth-order valence-electron chi connectivity index (χ4n) is 3.46. The summed E-state index contributed by atoms with van der Waals surface area (Å²) in [6.07, 6.45) is 0.968. The molecule has 27 heavy (non-hydrogen) atoms. The minimum absolute atomic E-state index is 0.129. The predicted molar refractivity (Wildman–Crippen MR) is 99.3 cm³/mol. The maximum absolute atomic E-state index is 13.1. The summed E-state index contributed by atoms with van der Waals surface area (Å²) in [5.74, 6) is 0.364. The average molecular weight is 368 g/mol. The van der Waals surface area contributed by atoms with Crippen LogP contribution in [0.25, 0.3) is 5.78 Å². The third-order valence-corrected chi connectivity index (χ3v) is 4.85. The average Bonchev–Trinajstić information content (AvgIpc) is 3.27. The third kappa shape index (κ3) is 3.60. The Morgan fingerprint density at radius 3 is 2.81 bits per heavy atom. The summed E-state index contributed by atoms with van der Waals surface area (Å²) in [6, 6.07) is 8.41. The van der Waals surface area contributed by atoms with Crippen molar-refractivity contribution in [2.75, 3.05) is 24.5 Å². The van der Waals surface area contributed by atoms with Crippen LogP contribution in [0.3, 0.4) is 0 Å². The Morgan fingerprint density at radius 2 is 2.04 bits per heavy atom. The topological polar surface area (TPSA) is 75.4 Å². The number of aromatic nitrogens is 4. The van der Waals surface area contributed by atoms with Crippen molar-refractivity contribution in [3.63, 3.8) is 0 Å². The van der Waals surface area contributed by atoms with Gasteiger partial charge in [0.25, 0.3) is 11.7 Å². The largest absolute Gasteiger partial charge is 0.371 e. The maximum atomic E-state index is 13.1. The number of anilines is 1. The lowest BCUT2D eigenvalue weighted by molar-refractivity contribution is 0.0938. The molecule has 0 bridgehead atoms. The molecule has 0 aliphatic carbocycles. The number of hydrogen-bond donors (Lipinski definition) is 1. The molecule has 1 fully saturated rings. The number of rotatable bonds is 4. The van der Waals surface area contributed by atoms with Crippen molar-refractivity contribution in [1.29, 1.82) is 0 Å². The Hall–Kier alpha value is -3.03. The number of aryl methyl sites for hydroxylation is 2. The van der Waals surface area contributed by atoms with Crippen LogP contribution in [0.5, 0.6) is 0 Å². The van der Waals surface area contributed by atoms with Crippen molar-refractivity contribution in [2.45, 2.75) is 20.3 Å². The standard InChI is InChI=1S/C19H21FN6O/c1-12-9-13(2)26-19(22-12)23-17(24-26)18(27)21-10-14-7-8-25(11-14)16-5-3-15(20)4-6-16/h3-6,9,14H,7-8,10-11H2,1-2H3,(H,21,27). The quantitative estimate of drug-likeness (QED) is 0.764. The van der Waals surface area contributed by atoms with Crippen molar-refractivity contribution < 1.29 is 9.18 Å². The fraction of sp³-hybridized carbons (Fsp3) is 0.368. The van der Waals surface area contributed by atoms with Crippen LogP contribution in [0.2, 0.25) is 0 Å². The first-order valence-corrected chi connectivity index (χ1v) is 8.99. The van der Waals surface area contributed by atoms with Gasteiger partial charge in [0.2, 0.25) is 5.82 Å². The van der Waals surface area contributed by atoms with Gasteiger partial charge in [-0.25, -0.2) is 13.9 Å². The van der Waals surface area contributed by atoms with Gasteiger partial charge in [0.1, 0.15) is 5.82 Å². The highest BCUT2D eigenvalue weighted by molar-refractivity contribution is 5.90. The molecule has 7 nitrogen and oxygen atoms in total. The van der Waals surface area contributed by atoms with Gasteiger partial charge in [0.05, 0.1) is 0 Å². The van der Waals surface area contributed by atoms with E-state index in [0.29, 0.717) is 18.2 Å². The number of nitrogens with one attached hydrogen (secondary N) is 1. The van der Waals surface area contributed by atoms with E-state index in [0.717, 1.165) is 36.6 Å². The highest BCUT2D eigenvalue weighted by Crippen LogP contribution is 2.23. The predicted octanol–water partition coefficient (Wildman–Crippen LogP) is 2.14. The van der Waals surface area contributed by atoms with E-state index in [1.807, 2.05) is 19.9 Å². The van der Waals surface area contributed by atoms with Crippen LogP contribution in [-0.2, 0) is 0 Å². The second-order valence-electron chi connectivity index (χ2n) is 6.97. The van der Waals surface area contributed by atoms with Crippen molar-refractivity contribution in [3.05, 3.63) is 53.4 Å². The molecule has 3 heterocycles. The van der Waals surface area contributed by atoms with Gasteiger partial charge in [0, 0.05) is 36.7 Å². The molecule has 3 aromatic rings. The van der Waals surface area contributed by atoms with Gasteiger partial charge in [-0.3, -0.25) is 4.79 Å². The van der Waals surface area contributed by atoms with Crippen LogP contribution in [0.1, 0.15) is 28.4 Å². The van der Waals surface area contributed by atoms with Gasteiger partial charge in [-0.05, 0) is 56.5 Å². The van der Waals surface area contributed by atoms with E-state index in [-0.39, 0.29) is 17.5 Å². The SMILES string of the molecule is Cc1cc(C)n2nc(C(=O)NCC3CCN(c4ccc(F)cc4)C3)nc2n1. The van der Waals surface area contributed by atoms with Gasteiger partial charge in [0.15, 0.2) is 0 Å². The van der Waals surface area contributed by atoms with Crippen LogP contribution >= 0.6 is 0 Å². The van der Waals surface area contributed by atoms with Crippen molar-refractivity contribution in [1.82, 2.24) is 24.9 Å². The summed E-state index contributed by atoms with van der Waals surface area (Å²) < 4.78 is 14.6. The lowest BCUT2D eigenvalue weighted by Gasteiger charge is -2.18. The number of carbonyl (C=O) groups excluding carboxylic acids is 1. The number of nitrogens with zero attached hydrogens (tertiary/aromatic N) is 5. The van der Waals surface area contributed by atoms with E-state index >= 15 is 0 Å². The third-order valence-electron chi connectivity index (χ3n) is 4.85. The van der Waals surface area contributed by atoms with Crippen LogP contribution in [0.4, 0.5) is 10.1 Å². The Morgan fingerprint density at radius 1 is 1.26 bits per heavy atom. The minimum atomic E-state index is -0.294. The zero-order chi connectivity index (χ0) is 19.0. The zero-order valence-electron chi connectivity index (χ0n) is 15.3. The molecule has 0 radical (unpaired) electrons. The summed E-state index contributed by atoms with van der Waals surface area (Å²) >= 11 is 0. The van der Waals surface area contributed by atoms with E-state index in [1.165, 1.54) is 12.1 Å². The van der Waals surface area contributed by atoms with Gasteiger partial charge in [-0.2, -0.15) is 4.98 Å². The van der Waals surface area contributed by atoms with Gasteiger partial charge < -0.3 is 10.2 Å². The first kappa shape index (κ1) is 17.4. The number of carbonyl (C=O) groups is 1. The highest BCUT2D eigenvalue weighted by Gasteiger charge is 2.24. The normalized spacial score (nSPS) is 16.9. The number of halogens is 1. The molecule has 0 spiro atoms. The summed E-state index contributed by atoms with van der Waals surface area (Å²) in [4.78, 5) is 23.2. The lowest BCUT2D eigenvalue weighted by atomic mass is 10.1. The van der Waals surface area contributed by atoms with Crippen LogP contribution in [0, 0.1) is 25.6 Å². The van der Waals surface area contributed by atoms with Gasteiger partial charge in [-0.1, -0.05) is 0 Å². The first-order chi connectivity index (χ1) is 13.0. The molecular weight excluding hydrogens is 347 g/mol. The smallest absolute Gasteiger partial charge is 0.291 e. The van der Waals surface area contributed by atoms with Gasteiger partial charge in [-0.15, -0.1) is 5.10 Å². The summed E-state index contributed by atoms with van der Waals surface area (Å²) in [5.41, 5.74) is 2.73. The summed E-state index contributed by atoms with van der Waals surface area (Å²) in [5, 5.41) is 7.18. The number of fused-ring (bicyclic) bond motifs is 1. The molecule has 1 aliphatic heterocycles. The molecular formula is C19H21FN6O.